The summed E-state index contributed by atoms with van der Waals surface area (Å²) in [4.78, 5) is 1.98. The third-order valence-corrected chi connectivity index (χ3v) is 3.08. The number of hydrogen-bond acceptors (Lipinski definition) is 2. The topological polar surface area (TPSA) is 29.3 Å². The predicted molar refractivity (Wildman–Crippen MR) is 61.2 cm³/mol. The smallest absolute Gasteiger partial charge is 0.142 e. The van der Waals surface area contributed by atoms with E-state index in [0.29, 0.717) is 24.5 Å². The molecule has 4 heteroatoms. The third-order valence-electron chi connectivity index (χ3n) is 2.84. The molecule has 1 heterocycles. The van der Waals surface area contributed by atoms with Crippen LogP contribution in [0.25, 0.3) is 0 Å². The van der Waals surface area contributed by atoms with Gasteiger partial charge >= 0.3 is 0 Å². The molecule has 2 nitrogen and oxygen atoms in total. The van der Waals surface area contributed by atoms with Crippen LogP contribution in [0.4, 0.5) is 10.1 Å². The second-order valence-electron chi connectivity index (χ2n) is 4.01. The zero-order chi connectivity index (χ0) is 10.9. The van der Waals surface area contributed by atoms with Crippen LogP contribution in [-0.4, -0.2) is 25.3 Å². The van der Waals surface area contributed by atoms with E-state index in [1.54, 1.807) is 0 Å². The summed E-state index contributed by atoms with van der Waals surface area (Å²) in [6.07, 6.45) is 0.496. The molecule has 0 aliphatic carbocycles. The minimum Gasteiger partial charge on any atom is -0.368 e. The van der Waals surface area contributed by atoms with Gasteiger partial charge in [0.1, 0.15) is 5.67 Å². The Labute approximate surface area is 93.8 Å². The van der Waals surface area contributed by atoms with E-state index in [0.717, 1.165) is 5.69 Å². The molecule has 1 aliphatic heterocycles. The maximum atomic E-state index is 13.9. The van der Waals surface area contributed by atoms with Crippen molar-refractivity contribution >= 4 is 17.3 Å². The van der Waals surface area contributed by atoms with Crippen molar-refractivity contribution in [2.45, 2.75) is 12.1 Å². The van der Waals surface area contributed by atoms with E-state index in [2.05, 4.69) is 0 Å². The maximum absolute atomic E-state index is 13.9. The van der Waals surface area contributed by atoms with Gasteiger partial charge in [-0.25, -0.2) is 4.39 Å². The Hall–Kier alpha value is -0.800. The number of hydrogen-bond donors (Lipinski definition) is 1. The number of rotatable bonds is 2. The molecule has 0 aromatic heterocycles. The average molecular weight is 229 g/mol. The molecule has 2 rings (SSSR count). The summed E-state index contributed by atoms with van der Waals surface area (Å²) < 4.78 is 13.9. The fraction of sp³-hybridized carbons (Fsp3) is 0.455. The monoisotopic (exact) mass is 228 g/mol. The largest absolute Gasteiger partial charge is 0.368 e. The van der Waals surface area contributed by atoms with E-state index in [-0.39, 0.29) is 6.54 Å². The highest BCUT2D eigenvalue weighted by Crippen LogP contribution is 2.30. The van der Waals surface area contributed by atoms with Gasteiger partial charge in [-0.3, -0.25) is 0 Å². The van der Waals surface area contributed by atoms with Gasteiger partial charge in [0.15, 0.2) is 0 Å². The lowest BCUT2D eigenvalue weighted by Crippen LogP contribution is -2.36. The molecule has 0 spiro atoms. The quantitative estimate of drug-likeness (QED) is 0.841. The molecule has 1 aliphatic rings. The molecule has 1 aromatic carbocycles. The van der Waals surface area contributed by atoms with Crippen molar-refractivity contribution in [3.63, 3.8) is 0 Å². The van der Waals surface area contributed by atoms with Gasteiger partial charge < -0.3 is 10.6 Å². The lowest BCUT2D eigenvalue weighted by Gasteiger charge is -2.21. The molecular weight excluding hydrogens is 215 g/mol. The van der Waals surface area contributed by atoms with Gasteiger partial charge in [-0.1, -0.05) is 17.7 Å². The molecule has 0 saturated carbocycles. The van der Waals surface area contributed by atoms with E-state index in [4.69, 9.17) is 17.3 Å². The van der Waals surface area contributed by atoms with E-state index >= 15 is 0 Å². The summed E-state index contributed by atoms with van der Waals surface area (Å²) in [6.45, 7) is 1.15. The standard InChI is InChI=1S/C11H14ClFN2/c12-9-2-1-3-10(6-9)15-5-4-11(13,7-14)8-15/h1-3,6H,4-5,7-8,14H2. The van der Waals surface area contributed by atoms with Gasteiger partial charge in [-0.2, -0.15) is 0 Å². The summed E-state index contributed by atoms with van der Waals surface area (Å²) in [7, 11) is 0. The minimum atomic E-state index is -1.23. The van der Waals surface area contributed by atoms with Crippen LogP contribution in [-0.2, 0) is 0 Å². The summed E-state index contributed by atoms with van der Waals surface area (Å²) in [6, 6.07) is 7.48. The van der Waals surface area contributed by atoms with Crippen molar-refractivity contribution < 1.29 is 4.39 Å². The summed E-state index contributed by atoms with van der Waals surface area (Å²) >= 11 is 5.88. The van der Waals surface area contributed by atoms with E-state index in [1.165, 1.54) is 0 Å². The molecule has 1 fully saturated rings. The third kappa shape index (κ3) is 2.24. The second-order valence-corrected chi connectivity index (χ2v) is 4.44. The summed E-state index contributed by atoms with van der Waals surface area (Å²) in [5, 5.41) is 0.677. The molecule has 2 N–H and O–H groups in total. The van der Waals surface area contributed by atoms with E-state index < -0.39 is 5.67 Å². The fourth-order valence-electron chi connectivity index (χ4n) is 1.90. The predicted octanol–water partition coefficient (Wildman–Crippen LogP) is 2.22. The Kier molecular flexibility index (Phi) is 2.85. The second kappa shape index (κ2) is 3.99. The lowest BCUT2D eigenvalue weighted by atomic mass is 10.1. The highest BCUT2D eigenvalue weighted by atomic mass is 35.5. The van der Waals surface area contributed by atoms with Crippen LogP contribution in [0.1, 0.15) is 6.42 Å². The van der Waals surface area contributed by atoms with Gasteiger partial charge in [-0.15, -0.1) is 0 Å². The summed E-state index contributed by atoms with van der Waals surface area (Å²) in [5.41, 5.74) is 5.14. The van der Waals surface area contributed by atoms with Gasteiger partial charge in [0.25, 0.3) is 0 Å². The fourth-order valence-corrected chi connectivity index (χ4v) is 2.08. The zero-order valence-corrected chi connectivity index (χ0v) is 9.17. The summed E-state index contributed by atoms with van der Waals surface area (Å²) in [5.74, 6) is 0. The molecule has 0 radical (unpaired) electrons. The molecular formula is C11H14ClFN2. The first-order valence-corrected chi connectivity index (χ1v) is 5.40. The first-order chi connectivity index (χ1) is 7.13. The highest BCUT2D eigenvalue weighted by Gasteiger charge is 2.36. The van der Waals surface area contributed by atoms with Gasteiger partial charge in [-0.05, 0) is 18.2 Å². The molecule has 0 bridgehead atoms. The Morgan fingerprint density at radius 3 is 2.93 bits per heavy atom. The van der Waals surface area contributed by atoms with E-state index in [9.17, 15) is 4.39 Å². The Bertz CT molecular complexity index is 358. The van der Waals surface area contributed by atoms with Crippen LogP contribution in [0.15, 0.2) is 24.3 Å². The maximum Gasteiger partial charge on any atom is 0.142 e. The van der Waals surface area contributed by atoms with Gasteiger partial charge in [0.2, 0.25) is 0 Å². The average Bonchev–Trinajstić information content (AvgIpc) is 2.62. The van der Waals surface area contributed by atoms with Crippen molar-refractivity contribution in [1.29, 1.82) is 0 Å². The Morgan fingerprint density at radius 1 is 1.53 bits per heavy atom. The SMILES string of the molecule is NCC1(F)CCN(c2cccc(Cl)c2)C1. The van der Waals surface area contributed by atoms with Crippen molar-refractivity contribution in [3.8, 4) is 0 Å². The van der Waals surface area contributed by atoms with Crippen molar-refractivity contribution in [2.75, 3.05) is 24.5 Å². The lowest BCUT2D eigenvalue weighted by molar-refractivity contribution is 0.204. The Balaban J connectivity index is 2.14. The molecule has 0 amide bonds. The Morgan fingerprint density at radius 2 is 2.33 bits per heavy atom. The van der Waals surface area contributed by atoms with Gasteiger partial charge in [0.05, 0.1) is 6.54 Å². The molecule has 1 aromatic rings. The van der Waals surface area contributed by atoms with Crippen LogP contribution < -0.4 is 10.6 Å². The molecule has 82 valence electrons. The number of benzene rings is 1. The van der Waals surface area contributed by atoms with Crippen LogP contribution in [0.3, 0.4) is 0 Å². The van der Waals surface area contributed by atoms with E-state index in [1.807, 2.05) is 29.2 Å². The number of alkyl halides is 1. The zero-order valence-electron chi connectivity index (χ0n) is 8.42. The number of halogens is 2. The van der Waals surface area contributed by atoms with Crippen molar-refractivity contribution in [3.05, 3.63) is 29.3 Å². The molecule has 1 unspecified atom stereocenters. The van der Waals surface area contributed by atoms with Gasteiger partial charge in [0, 0.05) is 30.2 Å². The van der Waals surface area contributed by atoms with Crippen LogP contribution in [0.2, 0.25) is 5.02 Å². The normalized spacial score (nSPS) is 25.9. The van der Waals surface area contributed by atoms with Crippen LogP contribution >= 0.6 is 11.6 Å². The van der Waals surface area contributed by atoms with Crippen LogP contribution in [0.5, 0.6) is 0 Å². The number of nitrogens with zero attached hydrogens (tertiary/aromatic N) is 1. The molecule has 1 saturated heterocycles. The minimum absolute atomic E-state index is 0.0874. The van der Waals surface area contributed by atoms with Crippen molar-refractivity contribution in [2.24, 2.45) is 5.73 Å². The number of nitrogens with two attached hydrogens (primary N) is 1. The van der Waals surface area contributed by atoms with Crippen molar-refractivity contribution in [1.82, 2.24) is 0 Å². The van der Waals surface area contributed by atoms with Crippen LogP contribution in [0, 0.1) is 0 Å². The molecule has 1 atom stereocenters. The highest BCUT2D eigenvalue weighted by molar-refractivity contribution is 6.30. The first kappa shape index (κ1) is 10.7. The molecule has 15 heavy (non-hydrogen) atoms. The first-order valence-electron chi connectivity index (χ1n) is 5.02. The number of anilines is 1.